The van der Waals surface area contributed by atoms with Gasteiger partial charge in [-0.3, -0.25) is 4.98 Å². The maximum absolute atomic E-state index is 5.65. The predicted octanol–water partition coefficient (Wildman–Crippen LogP) is 0.570. The molecule has 2 rings (SSSR count). The van der Waals surface area contributed by atoms with Crippen LogP contribution in [0.25, 0.3) is 0 Å². The van der Waals surface area contributed by atoms with Crippen molar-refractivity contribution in [2.45, 2.75) is 13.3 Å². The number of rotatable bonds is 2. The predicted molar refractivity (Wildman–Crippen MR) is 56.1 cm³/mol. The van der Waals surface area contributed by atoms with Crippen molar-refractivity contribution in [1.82, 2.24) is 9.97 Å². The molecule has 1 aliphatic heterocycles. The van der Waals surface area contributed by atoms with Crippen molar-refractivity contribution >= 4 is 5.82 Å². The highest BCUT2D eigenvalue weighted by atomic mass is 15.2. The maximum Gasteiger partial charge on any atom is 0.150 e. The summed E-state index contributed by atoms with van der Waals surface area (Å²) in [5, 5.41) is 0. The third-order valence-electron chi connectivity index (χ3n) is 2.77. The number of aryl methyl sites for hydroxylation is 1. The fourth-order valence-corrected chi connectivity index (χ4v) is 1.93. The molecular weight excluding hydrogens is 176 g/mol. The molecule has 1 aromatic rings. The molecule has 0 radical (unpaired) electrons. The minimum atomic E-state index is 0.622. The molecule has 1 aromatic heterocycles. The molecule has 2 N–H and O–H groups in total. The summed E-state index contributed by atoms with van der Waals surface area (Å²) in [5.41, 5.74) is 6.65. The van der Waals surface area contributed by atoms with Crippen LogP contribution in [-0.4, -0.2) is 29.6 Å². The van der Waals surface area contributed by atoms with Gasteiger partial charge in [0.2, 0.25) is 0 Å². The Hall–Kier alpha value is -1.16. The molecule has 0 unspecified atom stereocenters. The van der Waals surface area contributed by atoms with Crippen molar-refractivity contribution < 1.29 is 0 Å². The Kier molecular flexibility index (Phi) is 2.63. The van der Waals surface area contributed by atoms with Gasteiger partial charge in [-0.2, -0.15) is 0 Å². The molecule has 1 aliphatic rings. The molecule has 76 valence electrons. The van der Waals surface area contributed by atoms with Gasteiger partial charge in [0.15, 0.2) is 0 Å². The van der Waals surface area contributed by atoms with Crippen molar-refractivity contribution in [2.75, 3.05) is 24.5 Å². The van der Waals surface area contributed by atoms with Gasteiger partial charge >= 0.3 is 0 Å². The first-order valence-electron chi connectivity index (χ1n) is 5.04. The van der Waals surface area contributed by atoms with E-state index in [1.807, 2.05) is 6.92 Å². The van der Waals surface area contributed by atoms with E-state index in [4.69, 9.17) is 5.73 Å². The van der Waals surface area contributed by atoms with Crippen molar-refractivity contribution in [3.8, 4) is 0 Å². The summed E-state index contributed by atoms with van der Waals surface area (Å²) >= 11 is 0. The first-order chi connectivity index (χ1) is 6.81. The van der Waals surface area contributed by atoms with E-state index >= 15 is 0 Å². The van der Waals surface area contributed by atoms with Crippen LogP contribution in [0.1, 0.15) is 12.1 Å². The van der Waals surface area contributed by atoms with Crippen LogP contribution in [0.5, 0.6) is 0 Å². The van der Waals surface area contributed by atoms with E-state index in [0.717, 1.165) is 31.1 Å². The van der Waals surface area contributed by atoms with E-state index in [1.165, 1.54) is 6.42 Å². The summed E-state index contributed by atoms with van der Waals surface area (Å²) in [7, 11) is 0. The monoisotopic (exact) mass is 192 g/mol. The topological polar surface area (TPSA) is 55.0 Å². The van der Waals surface area contributed by atoms with Crippen LogP contribution in [0.15, 0.2) is 12.4 Å². The molecule has 0 aromatic carbocycles. The Labute approximate surface area is 84.2 Å². The highest BCUT2D eigenvalue weighted by Crippen LogP contribution is 2.22. The normalized spacial score (nSPS) is 21.6. The van der Waals surface area contributed by atoms with E-state index in [-0.39, 0.29) is 0 Å². The minimum Gasteiger partial charge on any atom is -0.355 e. The Bertz CT molecular complexity index is 313. The highest BCUT2D eigenvalue weighted by Gasteiger charge is 2.23. The third kappa shape index (κ3) is 1.70. The number of anilines is 1. The molecular formula is C10H16N4. The third-order valence-corrected chi connectivity index (χ3v) is 2.77. The van der Waals surface area contributed by atoms with Crippen LogP contribution in [0.3, 0.4) is 0 Å². The minimum absolute atomic E-state index is 0.622. The number of hydrogen-bond donors (Lipinski definition) is 1. The second-order valence-electron chi connectivity index (χ2n) is 3.80. The molecule has 1 saturated heterocycles. The van der Waals surface area contributed by atoms with Crippen LogP contribution in [0.2, 0.25) is 0 Å². The Morgan fingerprint density at radius 1 is 1.50 bits per heavy atom. The SMILES string of the molecule is Cc1nccnc1N1CC[C@@H](CN)C1. The Morgan fingerprint density at radius 2 is 2.29 bits per heavy atom. The average molecular weight is 192 g/mol. The number of nitrogens with two attached hydrogens (primary N) is 1. The zero-order valence-corrected chi connectivity index (χ0v) is 8.48. The lowest BCUT2D eigenvalue weighted by molar-refractivity contribution is 0.602. The molecule has 0 aliphatic carbocycles. The second-order valence-corrected chi connectivity index (χ2v) is 3.80. The van der Waals surface area contributed by atoms with Gasteiger partial charge in [-0.05, 0) is 25.8 Å². The van der Waals surface area contributed by atoms with Crippen molar-refractivity contribution in [3.05, 3.63) is 18.1 Å². The first kappa shape index (κ1) is 9.40. The zero-order valence-electron chi connectivity index (χ0n) is 8.48. The molecule has 0 spiro atoms. The summed E-state index contributed by atoms with van der Waals surface area (Å²) in [6, 6.07) is 0. The molecule has 4 nitrogen and oxygen atoms in total. The summed E-state index contributed by atoms with van der Waals surface area (Å²) in [6.45, 7) is 4.85. The lowest BCUT2D eigenvalue weighted by atomic mass is 10.1. The van der Waals surface area contributed by atoms with Crippen LogP contribution in [-0.2, 0) is 0 Å². The van der Waals surface area contributed by atoms with E-state index in [9.17, 15) is 0 Å². The van der Waals surface area contributed by atoms with Gasteiger partial charge in [-0.25, -0.2) is 4.98 Å². The van der Waals surface area contributed by atoms with E-state index < -0.39 is 0 Å². The molecule has 0 bridgehead atoms. The lowest BCUT2D eigenvalue weighted by Crippen LogP contribution is -2.24. The lowest BCUT2D eigenvalue weighted by Gasteiger charge is -2.18. The van der Waals surface area contributed by atoms with Gasteiger partial charge < -0.3 is 10.6 Å². The van der Waals surface area contributed by atoms with Gasteiger partial charge in [0.1, 0.15) is 5.82 Å². The largest absolute Gasteiger partial charge is 0.355 e. The number of nitrogens with zero attached hydrogens (tertiary/aromatic N) is 3. The van der Waals surface area contributed by atoms with Crippen molar-refractivity contribution in [3.63, 3.8) is 0 Å². The van der Waals surface area contributed by atoms with Gasteiger partial charge in [-0.1, -0.05) is 0 Å². The number of hydrogen-bond acceptors (Lipinski definition) is 4. The summed E-state index contributed by atoms with van der Waals surface area (Å²) in [5.74, 6) is 1.64. The zero-order chi connectivity index (χ0) is 9.97. The molecule has 2 heterocycles. The van der Waals surface area contributed by atoms with Crippen LogP contribution >= 0.6 is 0 Å². The quantitative estimate of drug-likeness (QED) is 0.744. The van der Waals surface area contributed by atoms with E-state index in [0.29, 0.717) is 5.92 Å². The van der Waals surface area contributed by atoms with Crippen LogP contribution in [0, 0.1) is 12.8 Å². The van der Waals surface area contributed by atoms with Crippen LogP contribution < -0.4 is 10.6 Å². The molecule has 0 saturated carbocycles. The molecule has 1 atom stereocenters. The van der Waals surface area contributed by atoms with Crippen molar-refractivity contribution in [2.24, 2.45) is 11.7 Å². The van der Waals surface area contributed by atoms with Gasteiger partial charge in [-0.15, -0.1) is 0 Å². The van der Waals surface area contributed by atoms with E-state index in [1.54, 1.807) is 12.4 Å². The molecule has 1 fully saturated rings. The molecule has 4 heteroatoms. The summed E-state index contributed by atoms with van der Waals surface area (Å²) in [4.78, 5) is 10.9. The van der Waals surface area contributed by atoms with Crippen LogP contribution in [0.4, 0.5) is 5.82 Å². The van der Waals surface area contributed by atoms with Crippen molar-refractivity contribution in [1.29, 1.82) is 0 Å². The Balaban J connectivity index is 2.13. The summed E-state index contributed by atoms with van der Waals surface area (Å²) in [6.07, 6.45) is 4.65. The number of aromatic nitrogens is 2. The summed E-state index contributed by atoms with van der Waals surface area (Å²) < 4.78 is 0. The standard InChI is InChI=1S/C10H16N4/c1-8-10(13-4-3-12-8)14-5-2-9(6-11)7-14/h3-4,9H,2,5-7,11H2,1H3/t9-/m0/s1. The van der Waals surface area contributed by atoms with Gasteiger partial charge in [0, 0.05) is 25.5 Å². The Morgan fingerprint density at radius 3 is 2.93 bits per heavy atom. The van der Waals surface area contributed by atoms with E-state index in [2.05, 4.69) is 14.9 Å². The molecule has 0 amide bonds. The highest BCUT2D eigenvalue weighted by molar-refractivity contribution is 5.43. The second kappa shape index (κ2) is 3.92. The fourth-order valence-electron chi connectivity index (χ4n) is 1.93. The maximum atomic E-state index is 5.65. The molecule has 14 heavy (non-hydrogen) atoms. The fraction of sp³-hybridized carbons (Fsp3) is 0.600. The first-order valence-corrected chi connectivity index (χ1v) is 5.04. The smallest absolute Gasteiger partial charge is 0.150 e. The average Bonchev–Trinajstić information content (AvgIpc) is 2.67. The van der Waals surface area contributed by atoms with Gasteiger partial charge in [0.25, 0.3) is 0 Å². The van der Waals surface area contributed by atoms with Gasteiger partial charge in [0.05, 0.1) is 5.69 Å².